The van der Waals surface area contributed by atoms with Gasteiger partial charge in [-0.25, -0.2) is 4.79 Å². The lowest BCUT2D eigenvalue weighted by atomic mass is 9.34. The van der Waals surface area contributed by atoms with E-state index in [1.165, 1.54) is 24.3 Å². The molecule has 0 aromatic heterocycles. The molecule has 50 heavy (non-hydrogen) atoms. The van der Waals surface area contributed by atoms with Crippen molar-refractivity contribution < 1.29 is 33.8 Å². The van der Waals surface area contributed by atoms with Gasteiger partial charge in [-0.1, -0.05) is 60.1 Å². The van der Waals surface area contributed by atoms with Gasteiger partial charge in [-0.2, -0.15) is 5.26 Å². The number of fused-ring (bicyclic) bond motifs is 7. The molecular formula is C42H53NO7. The summed E-state index contributed by atoms with van der Waals surface area (Å²) in [5.41, 5.74) is -1.24. The van der Waals surface area contributed by atoms with Gasteiger partial charge < -0.3 is 14.6 Å². The van der Waals surface area contributed by atoms with Crippen LogP contribution in [0.25, 0.3) is 0 Å². The molecule has 0 heterocycles. The molecule has 0 saturated heterocycles. The predicted octanol–water partition coefficient (Wildman–Crippen LogP) is 8.09. The summed E-state index contributed by atoms with van der Waals surface area (Å²) in [6, 6.07) is 8.07. The van der Waals surface area contributed by atoms with E-state index in [4.69, 9.17) is 9.47 Å². The number of esters is 2. The first-order valence-electron chi connectivity index (χ1n) is 18.4. The van der Waals surface area contributed by atoms with Crippen molar-refractivity contribution >= 4 is 23.5 Å². The molecule has 8 nitrogen and oxygen atoms in total. The Morgan fingerprint density at radius 1 is 0.900 bits per heavy atom. The van der Waals surface area contributed by atoms with Crippen LogP contribution in [-0.2, 0) is 23.9 Å². The highest BCUT2D eigenvalue weighted by atomic mass is 16.5. The second-order valence-electron chi connectivity index (χ2n) is 17.9. The molecule has 1 N–H and O–H groups in total. The van der Waals surface area contributed by atoms with E-state index in [9.17, 15) is 29.5 Å². The lowest BCUT2D eigenvalue weighted by Crippen LogP contribution is -2.66. The van der Waals surface area contributed by atoms with Gasteiger partial charge in [-0.3, -0.25) is 14.4 Å². The molecule has 0 bridgehead atoms. The van der Waals surface area contributed by atoms with Gasteiger partial charge in [0, 0.05) is 16.7 Å². The molecule has 7 atom stereocenters. The zero-order valence-corrected chi connectivity index (χ0v) is 30.8. The standard InChI is InChI=1S/C42H53NO7/c1-37(2)16-18-42(36(48)50-21-9-8-20-49-35(47)26-10-12-28(44)13-11-26)19-17-41(7)33(29(42)24-37)30(45)22-32-39(5)23-27(25-43)34(46)38(3,4)31(39)14-15-40(32,41)6/h10-13,22-23,29,31,33,44H,8-9,14-21,24H2,1-7H3/t29-,31-,33-,39-,40+,41+,42-/m0/s1. The SMILES string of the molecule is CC1(C)CC[C@]2(C(=O)OCCCCOC(=O)c3ccc(O)cc3)CC[C@]3(C)[C@H](C(=O)C=C4[C@@]5(C)C=C(C#N)C(=O)C(C)(C)[C@@H]5CC[C@]43C)[C@@H]2C1. The third-order valence-electron chi connectivity index (χ3n) is 14.4. The van der Waals surface area contributed by atoms with Gasteiger partial charge in [0.15, 0.2) is 11.6 Å². The van der Waals surface area contributed by atoms with Crippen LogP contribution in [0.15, 0.2) is 47.6 Å². The smallest absolute Gasteiger partial charge is 0.338 e. The van der Waals surface area contributed by atoms with E-state index in [0.29, 0.717) is 37.7 Å². The normalized spacial score (nSPS) is 36.6. The van der Waals surface area contributed by atoms with Crippen LogP contribution in [-0.4, -0.2) is 41.8 Å². The van der Waals surface area contributed by atoms with Gasteiger partial charge >= 0.3 is 11.9 Å². The summed E-state index contributed by atoms with van der Waals surface area (Å²) >= 11 is 0. The van der Waals surface area contributed by atoms with Gasteiger partial charge in [-0.05, 0) is 116 Å². The van der Waals surface area contributed by atoms with Gasteiger partial charge in [0.25, 0.3) is 0 Å². The number of nitrogens with zero attached hydrogens (tertiary/aromatic N) is 1. The molecule has 268 valence electrons. The molecule has 0 aliphatic heterocycles. The lowest BCUT2D eigenvalue weighted by Gasteiger charge is -2.68. The Labute approximate surface area is 296 Å². The van der Waals surface area contributed by atoms with Crippen LogP contribution < -0.4 is 0 Å². The van der Waals surface area contributed by atoms with E-state index >= 15 is 0 Å². The fourth-order valence-electron chi connectivity index (χ4n) is 11.3. The first-order chi connectivity index (χ1) is 23.4. The number of hydrogen-bond acceptors (Lipinski definition) is 8. The fraction of sp³-hybridized carbons (Fsp3) is 0.643. The Bertz CT molecular complexity index is 1710. The molecular weight excluding hydrogens is 630 g/mol. The quantitative estimate of drug-likeness (QED) is 0.225. The minimum atomic E-state index is -0.739. The number of phenolic OH excluding ortho intramolecular Hbond substituents is 1. The zero-order chi connectivity index (χ0) is 36.5. The van der Waals surface area contributed by atoms with Crippen molar-refractivity contribution in [2.45, 2.75) is 106 Å². The summed E-state index contributed by atoms with van der Waals surface area (Å²) in [6.45, 7) is 15.5. The number of unbranched alkanes of at least 4 members (excludes halogenated alkanes) is 1. The zero-order valence-electron chi connectivity index (χ0n) is 30.8. The number of phenols is 1. The van der Waals surface area contributed by atoms with Crippen LogP contribution in [0.4, 0.5) is 0 Å². The first kappa shape index (κ1) is 36.1. The molecule has 0 unspecified atom stereocenters. The third kappa shape index (κ3) is 5.37. The molecule has 3 fully saturated rings. The minimum absolute atomic E-state index is 0.0190. The van der Waals surface area contributed by atoms with E-state index in [1.54, 1.807) is 0 Å². The largest absolute Gasteiger partial charge is 0.508 e. The van der Waals surface area contributed by atoms with Crippen LogP contribution in [0.3, 0.4) is 0 Å². The van der Waals surface area contributed by atoms with Gasteiger partial charge in [0.05, 0.1) is 29.8 Å². The summed E-state index contributed by atoms with van der Waals surface area (Å²) in [6.07, 6.45) is 10.2. The molecule has 5 aliphatic carbocycles. The molecule has 3 saturated carbocycles. The van der Waals surface area contributed by atoms with Crippen molar-refractivity contribution in [3.63, 3.8) is 0 Å². The highest BCUT2D eigenvalue weighted by Gasteiger charge is 2.71. The topological polar surface area (TPSA) is 131 Å². The molecule has 6 rings (SSSR count). The van der Waals surface area contributed by atoms with Crippen molar-refractivity contribution in [1.82, 2.24) is 0 Å². The molecule has 0 spiro atoms. The number of allylic oxidation sites excluding steroid dienone is 4. The average Bonchev–Trinajstić information content (AvgIpc) is 3.05. The highest BCUT2D eigenvalue weighted by Crippen LogP contribution is 2.74. The molecule has 0 radical (unpaired) electrons. The second kappa shape index (κ2) is 12.2. The van der Waals surface area contributed by atoms with E-state index in [2.05, 4.69) is 40.7 Å². The maximum atomic E-state index is 14.7. The van der Waals surface area contributed by atoms with Gasteiger partial charge in [0.1, 0.15) is 11.8 Å². The number of Topliss-reactive ketones (excluding diaryl/α,β-unsaturated/α-hetero) is 1. The van der Waals surface area contributed by atoms with E-state index in [-0.39, 0.29) is 70.7 Å². The summed E-state index contributed by atoms with van der Waals surface area (Å²) in [4.78, 5) is 54.6. The number of ketones is 2. The summed E-state index contributed by atoms with van der Waals surface area (Å²) < 4.78 is 11.4. The first-order valence-corrected chi connectivity index (χ1v) is 18.4. The molecule has 8 heteroatoms. The molecule has 0 amide bonds. The third-order valence-corrected chi connectivity index (χ3v) is 14.4. The van der Waals surface area contributed by atoms with Crippen molar-refractivity contribution in [3.05, 3.63) is 53.1 Å². The number of nitriles is 1. The van der Waals surface area contributed by atoms with Gasteiger partial charge in [0.2, 0.25) is 0 Å². The van der Waals surface area contributed by atoms with Crippen molar-refractivity contribution in [3.8, 4) is 11.8 Å². The second-order valence-corrected chi connectivity index (χ2v) is 17.9. The monoisotopic (exact) mass is 683 g/mol. The summed E-state index contributed by atoms with van der Waals surface area (Å²) in [5.74, 6) is -1.16. The van der Waals surface area contributed by atoms with Crippen molar-refractivity contribution in [2.24, 2.45) is 50.2 Å². The minimum Gasteiger partial charge on any atom is -0.508 e. The number of rotatable bonds is 7. The molecule has 1 aromatic carbocycles. The Balaban J connectivity index is 1.23. The van der Waals surface area contributed by atoms with Gasteiger partial charge in [-0.15, -0.1) is 0 Å². The van der Waals surface area contributed by atoms with E-state index in [1.807, 2.05) is 26.0 Å². The van der Waals surface area contributed by atoms with E-state index < -0.39 is 27.6 Å². The molecule has 1 aromatic rings. The molecule has 5 aliphatic rings. The Morgan fingerprint density at radius 2 is 1.54 bits per heavy atom. The summed E-state index contributed by atoms with van der Waals surface area (Å²) in [7, 11) is 0. The number of benzene rings is 1. The maximum Gasteiger partial charge on any atom is 0.338 e. The summed E-state index contributed by atoms with van der Waals surface area (Å²) in [5, 5.41) is 19.4. The highest BCUT2D eigenvalue weighted by molar-refractivity contribution is 6.04. The van der Waals surface area contributed by atoms with Crippen LogP contribution in [0.2, 0.25) is 0 Å². The van der Waals surface area contributed by atoms with Crippen LogP contribution >= 0.6 is 0 Å². The number of carbonyl (C=O) groups is 4. The Morgan fingerprint density at radius 3 is 2.20 bits per heavy atom. The van der Waals surface area contributed by atoms with Crippen molar-refractivity contribution in [2.75, 3.05) is 13.2 Å². The number of carbonyl (C=O) groups excluding carboxylic acids is 4. The maximum absolute atomic E-state index is 14.7. The van der Waals surface area contributed by atoms with Crippen molar-refractivity contribution in [1.29, 1.82) is 5.26 Å². The predicted molar refractivity (Wildman–Crippen MR) is 187 cm³/mol. The lowest BCUT2D eigenvalue weighted by molar-refractivity contribution is -0.193. The van der Waals surface area contributed by atoms with Crippen LogP contribution in [0, 0.1) is 61.6 Å². The van der Waals surface area contributed by atoms with Crippen LogP contribution in [0.5, 0.6) is 5.75 Å². The van der Waals surface area contributed by atoms with Crippen LogP contribution in [0.1, 0.15) is 117 Å². The Hall–Kier alpha value is -3.73. The average molecular weight is 684 g/mol. The number of hydrogen-bond donors (Lipinski definition) is 1. The van der Waals surface area contributed by atoms with E-state index in [0.717, 1.165) is 31.3 Å². The fourth-order valence-corrected chi connectivity index (χ4v) is 11.3. The Kier molecular flexibility index (Phi) is 8.80. The number of aromatic hydroxyl groups is 1. The number of ether oxygens (including phenoxy) is 2.